The van der Waals surface area contributed by atoms with E-state index in [1.54, 1.807) is 0 Å². The number of nitrogens with zero attached hydrogens (tertiary/aromatic N) is 2. The van der Waals surface area contributed by atoms with Gasteiger partial charge < -0.3 is 20.3 Å². The Bertz CT molecular complexity index is 464. The Hall–Kier alpha value is -1.98. The number of aromatic nitrogens is 1. The van der Waals surface area contributed by atoms with E-state index >= 15 is 0 Å². The molecule has 0 spiro atoms. The Kier molecular flexibility index (Phi) is 7.65. The minimum atomic E-state index is -0.458. The van der Waals surface area contributed by atoms with Crippen LogP contribution in [0.15, 0.2) is 18.3 Å². The van der Waals surface area contributed by atoms with E-state index in [2.05, 4.69) is 34.4 Å². The van der Waals surface area contributed by atoms with Gasteiger partial charge in [0.1, 0.15) is 11.4 Å². The van der Waals surface area contributed by atoms with Crippen LogP contribution in [-0.4, -0.2) is 42.9 Å². The maximum absolute atomic E-state index is 11.5. The molecule has 0 saturated heterocycles. The molecule has 1 rings (SSSR count). The number of ether oxygens (including phenoxy) is 1. The standard InChI is InChI=1S/C17H30N4O2/c1-6-21(7-2)15-10-9-14(13-20-15)18-11-8-12-19-16(22)23-17(3,4)5/h9-10,13,18H,6-8,11-12H2,1-5H3,(H,19,22). The first kappa shape index (κ1) is 19.1. The Labute approximate surface area is 139 Å². The van der Waals surface area contributed by atoms with Crippen molar-refractivity contribution < 1.29 is 9.53 Å². The van der Waals surface area contributed by atoms with Crippen molar-refractivity contribution in [1.82, 2.24) is 10.3 Å². The summed E-state index contributed by atoms with van der Waals surface area (Å²) in [5.41, 5.74) is 0.527. The number of rotatable bonds is 8. The van der Waals surface area contributed by atoms with E-state index < -0.39 is 5.60 Å². The summed E-state index contributed by atoms with van der Waals surface area (Å²) >= 11 is 0. The summed E-state index contributed by atoms with van der Waals surface area (Å²) in [6.07, 6.45) is 2.29. The van der Waals surface area contributed by atoms with E-state index in [1.807, 2.05) is 39.1 Å². The molecule has 1 aromatic heterocycles. The van der Waals surface area contributed by atoms with Crippen molar-refractivity contribution in [3.8, 4) is 0 Å². The van der Waals surface area contributed by atoms with Gasteiger partial charge in [0.2, 0.25) is 0 Å². The predicted molar refractivity (Wildman–Crippen MR) is 95.1 cm³/mol. The van der Waals surface area contributed by atoms with Gasteiger partial charge in [-0.05, 0) is 53.2 Å². The van der Waals surface area contributed by atoms with Gasteiger partial charge in [0.05, 0.1) is 11.9 Å². The highest BCUT2D eigenvalue weighted by molar-refractivity contribution is 5.67. The zero-order chi connectivity index (χ0) is 17.3. The third kappa shape index (κ3) is 7.72. The Balaban J connectivity index is 2.25. The van der Waals surface area contributed by atoms with Crippen molar-refractivity contribution in [1.29, 1.82) is 0 Å². The molecule has 0 saturated carbocycles. The fraction of sp³-hybridized carbons (Fsp3) is 0.647. The summed E-state index contributed by atoms with van der Waals surface area (Å²) in [5.74, 6) is 0.993. The largest absolute Gasteiger partial charge is 0.444 e. The van der Waals surface area contributed by atoms with Crippen molar-refractivity contribution in [2.75, 3.05) is 36.4 Å². The molecule has 0 aromatic carbocycles. The van der Waals surface area contributed by atoms with E-state index in [1.165, 1.54) is 0 Å². The number of nitrogens with one attached hydrogen (secondary N) is 2. The molecule has 1 heterocycles. The van der Waals surface area contributed by atoms with Gasteiger partial charge in [-0.3, -0.25) is 0 Å². The molecule has 0 aliphatic rings. The molecule has 0 radical (unpaired) electrons. The summed E-state index contributed by atoms with van der Waals surface area (Å²) in [6, 6.07) is 4.05. The zero-order valence-electron chi connectivity index (χ0n) is 15.0. The van der Waals surface area contributed by atoms with Crippen LogP contribution < -0.4 is 15.5 Å². The normalized spacial score (nSPS) is 11.0. The topological polar surface area (TPSA) is 66.5 Å². The van der Waals surface area contributed by atoms with Crippen LogP contribution in [-0.2, 0) is 4.74 Å². The number of amides is 1. The molecule has 130 valence electrons. The molecular weight excluding hydrogens is 292 g/mol. The number of alkyl carbamates (subject to hydrolysis) is 1. The third-order valence-electron chi connectivity index (χ3n) is 3.19. The fourth-order valence-electron chi connectivity index (χ4n) is 2.05. The van der Waals surface area contributed by atoms with E-state index in [0.717, 1.165) is 37.6 Å². The zero-order valence-corrected chi connectivity index (χ0v) is 15.0. The molecule has 6 nitrogen and oxygen atoms in total. The van der Waals surface area contributed by atoms with Crippen molar-refractivity contribution in [2.24, 2.45) is 0 Å². The number of anilines is 2. The monoisotopic (exact) mass is 322 g/mol. The Morgan fingerprint density at radius 3 is 2.43 bits per heavy atom. The van der Waals surface area contributed by atoms with Crippen molar-refractivity contribution in [3.05, 3.63) is 18.3 Å². The van der Waals surface area contributed by atoms with E-state index in [4.69, 9.17) is 4.74 Å². The van der Waals surface area contributed by atoms with Gasteiger partial charge in [-0.15, -0.1) is 0 Å². The van der Waals surface area contributed by atoms with Crippen molar-refractivity contribution in [2.45, 2.75) is 46.6 Å². The van der Waals surface area contributed by atoms with Gasteiger partial charge in [0.25, 0.3) is 0 Å². The van der Waals surface area contributed by atoms with Crippen LogP contribution in [0.2, 0.25) is 0 Å². The van der Waals surface area contributed by atoms with Crippen LogP contribution in [0.25, 0.3) is 0 Å². The molecule has 23 heavy (non-hydrogen) atoms. The molecule has 1 amide bonds. The second-order valence-electron chi connectivity index (χ2n) is 6.29. The van der Waals surface area contributed by atoms with E-state index in [0.29, 0.717) is 6.54 Å². The van der Waals surface area contributed by atoms with Crippen molar-refractivity contribution in [3.63, 3.8) is 0 Å². The van der Waals surface area contributed by atoms with Crippen LogP contribution in [0.1, 0.15) is 41.0 Å². The molecule has 0 bridgehead atoms. The Morgan fingerprint density at radius 1 is 1.22 bits per heavy atom. The highest BCUT2D eigenvalue weighted by Crippen LogP contribution is 2.13. The lowest BCUT2D eigenvalue weighted by Crippen LogP contribution is -2.33. The number of hydrogen-bond acceptors (Lipinski definition) is 5. The quantitative estimate of drug-likeness (QED) is 0.719. The third-order valence-corrected chi connectivity index (χ3v) is 3.19. The first-order valence-electron chi connectivity index (χ1n) is 8.27. The number of pyridine rings is 1. The molecule has 0 atom stereocenters. The minimum Gasteiger partial charge on any atom is -0.444 e. The summed E-state index contributed by atoms with van der Waals surface area (Å²) in [7, 11) is 0. The molecule has 6 heteroatoms. The van der Waals surface area contributed by atoms with Crippen LogP contribution >= 0.6 is 0 Å². The van der Waals surface area contributed by atoms with Crippen molar-refractivity contribution >= 4 is 17.6 Å². The second-order valence-corrected chi connectivity index (χ2v) is 6.29. The van der Waals surface area contributed by atoms with Gasteiger partial charge in [-0.2, -0.15) is 0 Å². The number of hydrogen-bond donors (Lipinski definition) is 2. The average molecular weight is 322 g/mol. The lowest BCUT2D eigenvalue weighted by Gasteiger charge is -2.20. The maximum atomic E-state index is 11.5. The molecule has 1 aromatic rings. The molecule has 0 fully saturated rings. The fourth-order valence-corrected chi connectivity index (χ4v) is 2.05. The van der Waals surface area contributed by atoms with E-state index in [9.17, 15) is 4.79 Å². The lowest BCUT2D eigenvalue weighted by atomic mass is 10.2. The van der Waals surface area contributed by atoms with E-state index in [-0.39, 0.29) is 6.09 Å². The van der Waals surface area contributed by atoms with Crippen LogP contribution in [0, 0.1) is 0 Å². The first-order valence-corrected chi connectivity index (χ1v) is 8.27. The average Bonchev–Trinajstić information content (AvgIpc) is 2.48. The van der Waals surface area contributed by atoms with Gasteiger partial charge in [0.15, 0.2) is 0 Å². The molecule has 0 unspecified atom stereocenters. The number of carbonyl (C=O) groups excluding carboxylic acids is 1. The first-order chi connectivity index (χ1) is 10.9. The smallest absolute Gasteiger partial charge is 0.407 e. The lowest BCUT2D eigenvalue weighted by molar-refractivity contribution is 0.0528. The SMILES string of the molecule is CCN(CC)c1ccc(NCCCNC(=O)OC(C)(C)C)cn1. The minimum absolute atomic E-state index is 0.372. The maximum Gasteiger partial charge on any atom is 0.407 e. The molecule has 0 aliphatic carbocycles. The van der Waals surface area contributed by atoms with Gasteiger partial charge in [-0.25, -0.2) is 9.78 Å². The van der Waals surface area contributed by atoms with Gasteiger partial charge >= 0.3 is 6.09 Å². The van der Waals surface area contributed by atoms with Crippen LogP contribution in [0.3, 0.4) is 0 Å². The van der Waals surface area contributed by atoms with Gasteiger partial charge in [-0.1, -0.05) is 0 Å². The second kappa shape index (κ2) is 9.22. The summed E-state index contributed by atoms with van der Waals surface area (Å²) in [5, 5.41) is 6.04. The molecular formula is C17H30N4O2. The summed E-state index contributed by atoms with van der Waals surface area (Å²) < 4.78 is 5.17. The molecule has 2 N–H and O–H groups in total. The highest BCUT2D eigenvalue weighted by Gasteiger charge is 2.15. The summed E-state index contributed by atoms with van der Waals surface area (Å²) in [4.78, 5) is 18.1. The predicted octanol–water partition coefficient (Wildman–Crippen LogP) is 3.25. The Morgan fingerprint density at radius 2 is 1.91 bits per heavy atom. The highest BCUT2D eigenvalue weighted by atomic mass is 16.6. The number of carbonyl (C=O) groups is 1. The van der Waals surface area contributed by atoms with Crippen LogP contribution in [0.5, 0.6) is 0 Å². The van der Waals surface area contributed by atoms with Crippen LogP contribution in [0.4, 0.5) is 16.3 Å². The molecule has 0 aliphatic heterocycles. The van der Waals surface area contributed by atoms with Gasteiger partial charge in [0, 0.05) is 26.2 Å². The summed E-state index contributed by atoms with van der Waals surface area (Å²) in [6.45, 7) is 13.0.